The number of unbranched alkanes of at least 4 members (excludes halogenated alkanes) is 9. The minimum Gasteiger partial charge on any atom is -0.462 e. The molecule has 0 amide bonds. The molecule has 0 fully saturated rings. The molecule has 0 aromatic carbocycles. The van der Waals surface area contributed by atoms with Crippen LogP contribution in [-0.2, 0) is 32.7 Å². The van der Waals surface area contributed by atoms with Crippen molar-refractivity contribution in [3.63, 3.8) is 0 Å². The van der Waals surface area contributed by atoms with E-state index >= 15 is 0 Å². The van der Waals surface area contributed by atoms with Gasteiger partial charge in [-0.1, -0.05) is 131 Å². The van der Waals surface area contributed by atoms with Gasteiger partial charge in [-0.15, -0.1) is 0 Å². The fraction of sp³-hybridized carbons (Fsp3) is 0.636. The van der Waals surface area contributed by atoms with Crippen molar-refractivity contribution >= 4 is 19.8 Å². The second-order valence-corrected chi connectivity index (χ2v) is 14.9. The summed E-state index contributed by atoms with van der Waals surface area (Å²) in [6, 6.07) is 0. The molecule has 0 aromatic rings. The minimum absolute atomic E-state index is 0.127. The SMILES string of the molecule is CC/C=C\C/C=C\C/C=C\C/C=C\CCCCCCC(=O)OC[C@H](COP(=O)(O)OC[C@@H](O)CO)OC(=O)CCCCCCC/C=C/C=C/C(O)C/C=C/CC. The number of aliphatic hydroxyl groups excluding tert-OH is 3. The Labute approximate surface area is 337 Å². The first-order valence-electron chi connectivity index (χ1n) is 20.7. The molecular weight excluding hydrogens is 735 g/mol. The second kappa shape index (κ2) is 39.0. The Bertz CT molecular complexity index is 1220. The molecule has 0 aromatic heterocycles. The molecule has 320 valence electrons. The fourth-order valence-corrected chi connectivity index (χ4v) is 5.75. The van der Waals surface area contributed by atoms with Crippen molar-refractivity contribution in [2.75, 3.05) is 26.4 Å². The highest BCUT2D eigenvalue weighted by Crippen LogP contribution is 2.43. The fourth-order valence-electron chi connectivity index (χ4n) is 4.96. The van der Waals surface area contributed by atoms with Crippen molar-refractivity contribution in [3.05, 3.63) is 85.1 Å². The third-order valence-electron chi connectivity index (χ3n) is 8.13. The standard InChI is InChI=1S/C44H73O11P/c1-3-5-7-8-9-10-11-12-13-14-15-16-17-20-23-26-30-34-43(48)52-38-42(39-54-56(50,51)53-37-41(47)36-45)55-44(49)35-31-27-24-21-18-19-22-25-29-33-40(46)32-28-6-4-2/h5-7,9-10,12-13,15-16,22,25,28-29,33,40-42,45-47H,3-4,8,11,14,17-21,23-24,26-27,30-32,34-39H2,1-2H3,(H,50,51)/b7-5-,10-9-,13-12-,16-15-,25-22+,28-6+,33-29+/t40?,41-,42+/m0/s1. The van der Waals surface area contributed by atoms with Gasteiger partial charge >= 0.3 is 19.8 Å². The lowest BCUT2D eigenvalue weighted by Crippen LogP contribution is -2.29. The van der Waals surface area contributed by atoms with Gasteiger partial charge in [0.05, 0.1) is 25.9 Å². The number of carbonyl (C=O) groups is 2. The maximum atomic E-state index is 12.6. The first-order valence-corrected chi connectivity index (χ1v) is 22.1. The zero-order chi connectivity index (χ0) is 41.4. The van der Waals surface area contributed by atoms with Crippen molar-refractivity contribution in [1.82, 2.24) is 0 Å². The van der Waals surface area contributed by atoms with E-state index in [1.54, 1.807) is 6.08 Å². The van der Waals surface area contributed by atoms with E-state index in [4.69, 9.17) is 19.1 Å². The van der Waals surface area contributed by atoms with Crippen LogP contribution in [0.4, 0.5) is 0 Å². The Morgan fingerprint density at radius 1 is 0.607 bits per heavy atom. The maximum absolute atomic E-state index is 12.6. The van der Waals surface area contributed by atoms with Gasteiger partial charge in [0.15, 0.2) is 6.10 Å². The van der Waals surface area contributed by atoms with E-state index in [1.807, 2.05) is 24.3 Å². The number of phosphoric acid groups is 1. The van der Waals surface area contributed by atoms with Gasteiger partial charge in [-0.05, 0) is 77.0 Å². The van der Waals surface area contributed by atoms with E-state index in [-0.39, 0.29) is 19.4 Å². The van der Waals surface area contributed by atoms with Gasteiger partial charge in [0.25, 0.3) is 0 Å². The summed E-state index contributed by atoms with van der Waals surface area (Å²) in [5.41, 5.74) is 0. The van der Waals surface area contributed by atoms with E-state index in [2.05, 4.69) is 73.1 Å². The molecule has 0 aliphatic carbocycles. The molecule has 0 aliphatic rings. The van der Waals surface area contributed by atoms with Gasteiger partial charge in [0, 0.05) is 12.8 Å². The van der Waals surface area contributed by atoms with E-state index in [9.17, 15) is 29.3 Å². The van der Waals surface area contributed by atoms with Crippen molar-refractivity contribution in [3.8, 4) is 0 Å². The summed E-state index contributed by atoms with van der Waals surface area (Å²) in [6.45, 7) is 1.95. The lowest BCUT2D eigenvalue weighted by Gasteiger charge is -2.20. The molecule has 56 heavy (non-hydrogen) atoms. The summed E-state index contributed by atoms with van der Waals surface area (Å²) in [5.74, 6) is -1.02. The average molecular weight is 809 g/mol. The number of carbonyl (C=O) groups excluding carboxylic acids is 2. The Hall–Kier alpha value is -2.89. The number of esters is 2. The highest BCUT2D eigenvalue weighted by molar-refractivity contribution is 7.47. The lowest BCUT2D eigenvalue weighted by atomic mass is 10.1. The second-order valence-electron chi connectivity index (χ2n) is 13.4. The Kier molecular flexibility index (Phi) is 36.9. The molecule has 0 saturated carbocycles. The molecule has 0 spiro atoms. The van der Waals surface area contributed by atoms with E-state index in [1.165, 1.54) is 0 Å². The van der Waals surface area contributed by atoms with E-state index < -0.39 is 57.9 Å². The molecule has 12 heteroatoms. The number of allylic oxidation sites excluding steroid dienone is 12. The summed E-state index contributed by atoms with van der Waals surface area (Å²) < 4.78 is 32.6. The van der Waals surface area contributed by atoms with Crippen LogP contribution < -0.4 is 0 Å². The summed E-state index contributed by atoms with van der Waals surface area (Å²) >= 11 is 0. The molecule has 0 bridgehead atoms. The Morgan fingerprint density at radius 2 is 1.12 bits per heavy atom. The topological polar surface area (TPSA) is 169 Å². The van der Waals surface area contributed by atoms with Crippen molar-refractivity contribution < 1.29 is 52.9 Å². The van der Waals surface area contributed by atoms with Crippen molar-refractivity contribution in [1.29, 1.82) is 0 Å². The van der Waals surface area contributed by atoms with Gasteiger partial charge in [-0.25, -0.2) is 4.57 Å². The molecule has 11 nitrogen and oxygen atoms in total. The van der Waals surface area contributed by atoms with Gasteiger partial charge < -0.3 is 29.7 Å². The average Bonchev–Trinajstić information content (AvgIpc) is 3.18. The van der Waals surface area contributed by atoms with Crippen LogP contribution in [0.15, 0.2) is 85.1 Å². The summed E-state index contributed by atoms with van der Waals surface area (Å²) in [4.78, 5) is 34.9. The van der Waals surface area contributed by atoms with Crippen LogP contribution in [0.1, 0.15) is 136 Å². The Balaban J connectivity index is 4.45. The molecule has 2 unspecified atom stereocenters. The van der Waals surface area contributed by atoms with Gasteiger partial charge in [0.1, 0.15) is 12.7 Å². The molecule has 4 N–H and O–H groups in total. The molecule has 4 atom stereocenters. The highest BCUT2D eigenvalue weighted by atomic mass is 31.2. The van der Waals surface area contributed by atoms with Crippen LogP contribution in [0.2, 0.25) is 0 Å². The maximum Gasteiger partial charge on any atom is 0.472 e. The third kappa shape index (κ3) is 38.0. The van der Waals surface area contributed by atoms with Gasteiger partial charge in [-0.2, -0.15) is 0 Å². The number of aliphatic hydroxyl groups is 3. The quantitative estimate of drug-likeness (QED) is 0.0155. The van der Waals surface area contributed by atoms with Crippen molar-refractivity contribution in [2.24, 2.45) is 0 Å². The van der Waals surface area contributed by atoms with Gasteiger partial charge in [-0.3, -0.25) is 18.6 Å². The van der Waals surface area contributed by atoms with Crippen molar-refractivity contribution in [2.45, 2.75) is 154 Å². The van der Waals surface area contributed by atoms with E-state index in [0.29, 0.717) is 19.3 Å². The summed E-state index contributed by atoms with van der Waals surface area (Å²) in [5, 5.41) is 28.2. The van der Waals surface area contributed by atoms with E-state index in [0.717, 1.165) is 89.9 Å². The van der Waals surface area contributed by atoms with Crippen LogP contribution in [0.5, 0.6) is 0 Å². The molecule has 0 aliphatic heterocycles. The van der Waals surface area contributed by atoms with Crippen LogP contribution in [0, 0.1) is 0 Å². The van der Waals surface area contributed by atoms with Crippen LogP contribution in [0.3, 0.4) is 0 Å². The zero-order valence-corrected chi connectivity index (χ0v) is 35.1. The number of rotatable bonds is 37. The smallest absolute Gasteiger partial charge is 0.462 e. The lowest BCUT2D eigenvalue weighted by molar-refractivity contribution is -0.161. The number of ether oxygens (including phenoxy) is 2. The first kappa shape index (κ1) is 53.1. The largest absolute Gasteiger partial charge is 0.472 e. The monoisotopic (exact) mass is 808 g/mol. The summed E-state index contributed by atoms with van der Waals surface area (Å²) in [6.07, 6.45) is 41.6. The number of hydrogen-bond acceptors (Lipinski definition) is 10. The number of hydrogen-bond donors (Lipinski definition) is 4. The molecule has 0 heterocycles. The van der Waals surface area contributed by atoms with Gasteiger partial charge in [0.2, 0.25) is 0 Å². The molecular formula is C44H73O11P. The third-order valence-corrected chi connectivity index (χ3v) is 9.08. The van der Waals surface area contributed by atoms with Crippen LogP contribution >= 0.6 is 7.82 Å². The van der Waals surface area contributed by atoms with Crippen LogP contribution in [-0.4, -0.2) is 76.9 Å². The Morgan fingerprint density at radius 3 is 1.75 bits per heavy atom. The first-order chi connectivity index (χ1) is 27.1. The zero-order valence-electron chi connectivity index (χ0n) is 34.2. The molecule has 0 radical (unpaired) electrons. The molecule has 0 rings (SSSR count). The normalized spacial score (nSPS) is 15.3. The van der Waals surface area contributed by atoms with Crippen LogP contribution in [0.25, 0.3) is 0 Å². The predicted octanol–water partition coefficient (Wildman–Crippen LogP) is 9.63. The summed E-state index contributed by atoms with van der Waals surface area (Å²) in [7, 11) is -4.65. The highest BCUT2D eigenvalue weighted by Gasteiger charge is 2.27. The molecule has 0 saturated heterocycles. The minimum atomic E-state index is -4.65. The number of phosphoric ester groups is 1. The predicted molar refractivity (Wildman–Crippen MR) is 225 cm³/mol.